The zero-order valence-electron chi connectivity index (χ0n) is 11.3. The number of nitrogens with zero attached hydrogens (tertiary/aromatic N) is 2. The van der Waals surface area contributed by atoms with E-state index in [1.54, 1.807) is 4.90 Å². The third kappa shape index (κ3) is 2.24. The van der Waals surface area contributed by atoms with E-state index in [1.807, 2.05) is 54.6 Å². The molecule has 1 aliphatic heterocycles. The Balaban J connectivity index is 2.14. The van der Waals surface area contributed by atoms with Crippen LogP contribution >= 0.6 is 15.9 Å². The molecule has 1 saturated heterocycles. The fourth-order valence-electron chi connectivity index (χ4n) is 2.84. The lowest BCUT2D eigenvalue weighted by molar-refractivity contribution is -0.117. The summed E-state index contributed by atoms with van der Waals surface area (Å²) in [7, 11) is 0. The summed E-state index contributed by atoms with van der Waals surface area (Å²) in [5.74, 6) is -0.00864. The SMILES string of the molecule is N#C[C@]1(c2ccc(Br)cc2)CCC(=O)N1c1ccccc1. The standard InChI is InChI=1S/C17H13BrN2O/c18-14-8-6-13(7-9-14)17(12-19)11-10-16(21)20(17)15-4-2-1-3-5-15/h1-9H,10-11H2/t17-/m0/s1. The van der Waals surface area contributed by atoms with Crippen molar-refractivity contribution in [1.29, 1.82) is 5.26 Å². The molecule has 0 aliphatic carbocycles. The van der Waals surface area contributed by atoms with Crippen LogP contribution in [0, 0.1) is 11.3 Å². The van der Waals surface area contributed by atoms with E-state index >= 15 is 0 Å². The minimum atomic E-state index is -0.918. The highest BCUT2D eigenvalue weighted by Gasteiger charge is 2.48. The van der Waals surface area contributed by atoms with Gasteiger partial charge < -0.3 is 0 Å². The van der Waals surface area contributed by atoms with Crippen molar-refractivity contribution in [2.75, 3.05) is 4.90 Å². The van der Waals surface area contributed by atoms with Crippen LogP contribution in [0.1, 0.15) is 18.4 Å². The van der Waals surface area contributed by atoms with Crippen LogP contribution in [-0.2, 0) is 10.3 Å². The molecule has 0 aromatic heterocycles. The van der Waals surface area contributed by atoms with E-state index in [0.29, 0.717) is 12.8 Å². The van der Waals surface area contributed by atoms with Gasteiger partial charge in [-0.2, -0.15) is 5.26 Å². The molecule has 21 heavy (non-hydrogen) atoms. The number of amides is 1. The Bertz CT molecular complexity index is 706. The first-order chi connectivity index (χ1) is 10.2. The number of hydrogen-bond acceptors (Lipinski definition) is 2. The number of carbonyl (C=O) groups is 1. The smallest absolute Gasteiger partial charge is 0.228 e. The largest absolute Gasteiger partial charge is 0.289 e. The number of halogens is 1. The molecule has 0 radical (unpaired) electrons. The second-order valence-electron chi connectivity index (χ2n) is 5.04. The number of anilines is 1. The van der Waals surface area contributed by atoms with Crippen LogP contribution in [0.4, 0.5) is 5.69 Å². The van der Waals surface area contributed by atoms with Crippen LogP contribution in [0.15, 0.2) is 59.1 Å². The highest BCUT2D eigenvalue weighted by Crippen LogP contribution is 2.42. The average Bonchev–Trinajstić information content (AvgIpc) is 2.87. The Morgan fingerprint density at radius 2 is 1.76 bits per heavy atom. The molecule has 1 atom stereocenters. The molecule has 3 rings (SSSR count). The van der Waals surface area contributed by atoms with Crippen LogP contribution in [-0.4, -0.2) is 5.91 Å². The molecule has 1 aliphatic rings. The van der Waals surface area contributed by atoms with Gasteiger partial charge in [0.15, 0.2) is 5.54 Å². The molecule has 1 amide bonds. The topological polar surface area (TPSA) is 44.1 Å². The summed E-state index contributed by atoms with van der Waals surface area (Å²) in [6.07, 6.45) is 0.900. The first-order valence-electron chi connectivity index (χ1n) is 6.73. The molecule has 2 aromatic rings. The Morgan fingerprint density at radius 1 is 1.10 bits per heavy atom. The van der Waals surface area contributed by atoms with E-state index in [4.69, 9.17) is 0 Å². The third-order valence-corrected chi connectivity index (χ3v) is 4.38. The number of nitriles is 1. The molecule has 0 N–H and O–H groups in total. The summed E-state index contributed by atoms with van der Waals surface area (Å²) in [4.78, 5) is 14.0. The maximum Gasteiger partial charge on any atom is 0.228 e. The van der Waals surface area contributed by atoms with Crippen molar-refractivity contribution in [1.82, 2.24) is 0 Å². The Labute approximate surface area is 131 Å². The van der Waals surface area contributed by atoms with Crippen LogP contribution in [0.25, 0.3) is 0 Å². The zero-order valence-corrected chi connectivity index (χ0v) is 12.9. The summed E-state index contributed by atoms with van der Waals surface area (Å²) in [5, 5.41) is 9.83. The fraction of sp³-hybridized carbons (Fsp3) is 0.176. The van der Waals surface area contributed by atoms with Gasteiger partial charge in [-0.25, -0.2) is 0 Å². The summed E-state index contributed by atoms with van der Waals surface area (Å²) < 4.78 is 0.954. The third-order valence-electron chi connectivity index (χ3n) is 3.85. The van der Waals surface area contributed by atoms with E-state index in [9.17, 15) is 10.1 Å². The molecular weight excluding hydrogens is 328 g/mol. The number of benzene rings is 2. The van der Waals surface area contributed by atoms with Gasteiger partial charge in [-0.1, -0.05) is 46.3 Å². The van der Waals surface area contributed by atoms with Crippen LogP contribution < -0.4 is 4.90 Å². The predicted octanol–water partition coefficient (Wildman–Crippen LogP) is 3.99. The molecule has 0 saturated carbocycles. The monoisotopic (exact) mass is 340 g/mol. The first-order valence-corrected chi connectivity index (χ1v) is 7.52. The van der Waals surface area contributed by atoms with Crippen molar-refractivity contribution >= 4 is 27.5 Å². The van der Waals surface area contributed by atoms with Gasteiger partial charge >= 0.3 is 0 Å². The van der Waals surface area contributed by atoms with Crippen molar-refractivity contribution in [2.45, 2.75) is 18.4 Å². The second-order valence-corrected chi connectivity index (χ2v) is 5.96. The first kappa shape index (κ1) is 13.8. The maximum absolute atomic E-state index is 12.4. The van der Waals surface area contributed by atoms with Gasteiger partial charge in [0, 0.05) is 16.6 Å². The molecule has 0 bridgehead atoms. The van der Waals surface area contributed by atoms with Gasteiger partial charge in [0.25, 0.3) is 0 Å². The molecule has 0 unspecified atom stereocenters. The lowest BCUT2D eigenvalue weighted by Crippen LogP contribution is -2.42. The van der Waals surface area contributed by atoms with Gasteiger partial charge in [-0.05, 0) is 36.2 Å². The Kier molecular flexibility index (Phi) is 3.52. The van der Waals surface area contributed by atoms with E-state index in [0.717, 1.165) is 15.7 Å². The number of carbonyl (C=O) groups excluding carboxylic acids is 1. The average molecular weight is 341 g/mol. The molecule has 1 heterocycles. The van der Waals surface area contributed by atoms with Crippen LogP contribution in [0.3, 0.4) is 0 Å². The highest BCUT2D eigenvalue weighted by molar-refractivity contribution is 9.10. The Morgan fingerprint density at radius 3 is 2.38 bits per heavy atom. The lowest BCUT2D eigenvalue weighted by Gasteiger charge is -2.33. The molecule has 104 valence electrons. The normalized spacial score (nSPS) is 21.3. The van der Waals surface area contributed by atoms with E-state index in [-0.39, 0.29) is 5.91 Å². The number of hydrogen-bond donors (Lipinski definition) is 0. The molecule has 2 aromatic carbocycles. The minimum Gasteiger partial charge on any atom is -0.289 e. The van der Waals surface area contributed by atoms with Gasteiger partial charge in [0.05, 0.1) is 6.07 Å². The van der Waals surface area contributed by atoms with Crippen LogP contribution in [0.2, 0.25) is 0 Å². The van der Waals surface area contributed by atoms with E-state index < -0.39 is 5.54 Å². The molecular formula is C17H13BrN2O. The fourth-order valence-corrected chi connectivity index (χ4v) is 3.10. The summed E-state index contributed by atoms with van der Waals surface area (Å²) in [6, 6.07) is 19.4. The van der Waals surface area contributed by atoms with Crippen molar-refractivity contribution in [3.8, 4) is 6.07 Å². The van der Waals surface area contributed by atoms with Crippen molar-refractivity contribution < 1.29 is 4.79 Å². The number of rotatable bonds is 2. The molecule has 0 spiro atoms. The van der Waals surface area contributed by atoms with Crippen molar-refractivity contribution in [3.63, 3.8) is 0 Å². The van der Waals surface area contributed by atoms with Gasteiger partial charge in [0.1, 0.15) is 0 Å². The molecule has 3 nitrogen and oxygen atoms in total. The van der Waals surface area contributed by atoms with E-state index in [1.165, 1.54) is 0 Å². The van der Waals surface area contributed by atoms with E-state index in [2.05, 4.69) is 22.0 Å². The summed E-state index contributed by atoms with van der Waals surface area (Å²) in [6.45, 7) is 0. The van der Waals surface area contributed by atoms with Crippen LogP contribution in [0.5, 0.6) is 0 Å². The number of para-hydroxylation sites is 1. The summed E-state index contributed by atoms with van der Waals surface area (Å²) in [5.41, 5.74) is 0.700. The zero-order chi connectivity index (χ0) is 14.9. The van der Waals surface area contributed by atoms with Gasteiger partial charge in [-0.3, -0.25) is 9.69 Å². The van der Waals surface area contributed by atoms with Gasteiger partial charge in [-0.15, -0.1) is 0 Å². The summed E-state index contributed by atoms with van der Waals surface area (Å²) >= 11 is 3.40. The maximum atomic E-state index is 12.4. The molecule has 4 heteroatoms. The quantitative estimate of drug-likeness (QED) is 0.829. The molecule has 1 fully saturated rings. The van der Waals surface area contributed by atoms with Gasteiger partial charge in [0.2, 0.25) is 5.91 Å². The second kappa shape index (κ2) is 5.34. The van der Waals surface area contributed by atoms with Crippen molar-refractivity contribution in [2.24, 2.45) is 0 Å². The van der Waals surface area contributed by atoms with Crippen molar-refractivity contribution in [3.05, 3.63) is 64.6 Å². The lowest BCUT2D eigenvalue weighted by atomic mass is 9.88. The predicted molar refractivity (Wildman–Crippen MR) is 84.6 cm³/mol. The Hall–Kier alpha value is -2.12. The minimum absolute atomic E-state index is 0.00864. The highest BCUT2D eigenvalue weighted by atomic mass is 79.9.